The van der Waals surface area contributed by atoms with Gasteiger partial charge >= 0.3 is 12.1 Å². The highest BCUT2D eigenvalue weighted by Crippen LogP contribution is 2.04. The van der Waals surface area contributed by atoms with Crippen molar-refractivity contribution in [2.24, 2.45) is 10.2 Å². The number of urea groups is 2. The standard InChI is InChI=1S/C12H12N4O2/c17-11(15-7-3-1-4-8-15)13-14-12(18)16-9-5-2-6-10-16/h1-7,9H,8,10H2/b14-13+. The van der Waals surface area contributed by atoms with Crippen LogP contribution in [0, 0.1) is 0 Å². The fraction of sp³-hybridized carbons (Fsp3) is 0.167. The number of hydrogen-bond acceptors (Lipinski definition) is 2. The number of amides is 4. The van der Waals surface area contributed by atoms with Crippen LogP contribution in [0.15, 0.2) is 59.1 Å². The third kappa shape index (κ3) is 3.00. The summed E-state index contributed by atoms with van der Waals surface area (Å²) < 4.78 is 0. The lowest BCUT2D eigenvalue weighted by Crippen LogP contribution is -2.26. The molecule has 0 saturated carbocycles. The molecule has 0 bridgehead atoms. The van der Waals surface area contributed by atoms with E-state index < -0.39 is 12.1 Å². The van der Waals surface area contributed by atoms with Crippen LogP contribution in [0.2, 0.25) is 0 Å². The van der Waals surface area contributed by atoms with Crippen LogP contribution in [0.25, 0.3) is 0 Å². The molecule has 18 heavy (non-hydrogen) atoms. The zero-order valence-electron chi connectivity index (χ0n) is 9.64. The van der Waals surface area contributed by atoms with E-state index >= 15 is 0 Å². The molecule has 0 atom stereocenters. The quantitative estimate of drug-likeness (QED) is 0.614. The van der Waals surface area contributed by atoms with Crippen molar-refractivity contribution in [3.63, 3.8) is 0 Å². The van der Waals surface area contributed by atoms with E-state index in [1.807, 2.05) is 24.3 Å². The summed E-state index contributed by atoms with van der Waals surface area (Å²) in [6.45, 7) is 0.879. The van der Waals surface area contributed by atoms with Crippen LogP contribution in [0.3, 0.4) is 0 Å². The molecule has 2 aliphatic heterocycles. The molecule has 0 spiro atoms. The van der Waals surface area contributed by atoms with Gasteiger partial charge in [0.15, 0.2) is 0 Å². The summed E-state index contributed by atoms with van der Waals surface area (Å²) in [5, 5.41) is 6.80. The molecule has 0 unspecified atom stereocenters. The zero-order valence-corrected chi connectivity index (χ0v) is 9.64. The van der Waals surface area contributed by atoms with Crippen molar-refractivity contribution in [1.82, 2.24) is 9.80 Å². The van der Waals surface area contributed by atoms with E-state index in [4.69, 9.17) is 0 Å². The Kier molecular flexibility index (Phi) is 3.80. The summed E-state index contributed by atoms with van der Waals surface area (Å²) in [5.74, 6) is 0. The second kappa shape index (κ2) is 5.72. The summed E-state index contributed by atoms with van der Waals surface area (Å²) in [4.78, 5) is 25.9. The lowest BCUT2D eigenvalue weighted by Gasteiger charge is -2.16. The van der Waals surface area contributed by atoms with Gasteiger partial charge in [0, 0.05) is 25.5 Å². The highest BCUT2D eigenvalue weighted by atomic mass is 16.2. The van der Waals surface area contributed by atoms with Gasteiger partial charge in [-0.05, 0) is 12.2 Å². The molecule has 0 radical (unpaired) electrons. The lowest BCUT2D eigenvalue weighted by atomic mass is 10.4. The molecule has 0 fully saturated rings. The maximum absolute atomic E-state index is 11.6. The van der Waals surface area contributed by atoms with Gasteiger partial charge in [-0.15, -0.1) is 0 Å². The molecule has 4 amide bonds. The highest BCUT2D eigenvalue weighted by molar-refractivity contribution is 5.81. The summed E-state index contributed by atoms with van der Waals surface area (Å²) in [6.07, 6.45) is 13.9. The van der Waals surface area contributed by atoms with Gasteiger partial charge < -0.3 is 0 Å². The number of nitrogens with zero attached hydrogens (tertiary/aromatic N) is 4. The Balaban J connectivity index is 1.90. The maximum atomic E-state index is 11.6. The monoisotopic (exact) mass is 244 g/mol. The van der Waals surface area contributed by atoms with Crippen molar-refractivity contribution in [2.75, 3.05) is 13.1 Å². The van der Waals surface area contributed by atoms with E-state index in [2.05, 4.69) is 10.2 Å². The van der Waals surface area contributed by atoms with E-state index in [0.29, 0.717) is 13.1 Å². The second-order valence-electron chi connectivity index (χ2n) is 3.61. The first-order chi connectivity index (χ1) is 8.77. The Bertz CT molecular complexity index is 444. The molecule has 2 heterocycles. The predicted octanol–water partition coefficient (Wildman–Crippen LogP) is 2.45. The smallest absolute Gasteiger partial charge is 0.294 e. The molecule has 2 aliphatic rings. The highest BCUT2D eigenvalue weighted by Gasteiger charge is 2.13. The van der Waals surface area contributed by atoms with Crippen LogP contribution in [-0.4, -0.2) is 35.0 Å². The fourth-order valence-electron chi connectivity index (χ4n) is 1.42. The summed E-state index contributed by atoms with van der Waals surface area (Å²) in [6, 6.07) is -1.11. The van der Waals surface area contributed by atoms with Crippen LogP contribution in [0.4, 0.5) is 9.59 Å². The minimum absolute atomic E-state index is 0.439. The van der Waals surface area contributed by atoms with E-state index in [-0.39, 0.29) is 0 Å². The van der Waals surface area contributed by atoms with E-state index in [0.717, 1.165) is 0 Å². The largest absolute Gasteiger partial charge is 0.366 e. The number of allylic oxidation sites excluding steroid dienone is 4. The average Bonchev–Trinajstić information content (AvgIpc) is 2.46. The van der Waals surface area contributed by atoms with Gasteiger partial charge in [-0.2, -0.15) is 0 Å². The Labute approximate surface area is 104 Å². The normalized spacial score (nSPS) is 17.8. The lowest BCUT2D eigenvalue weighted by molar-refractivity contribution is 0.219. The third-order valence-electron chi connectivity index (χ3n) is 2.34. The van der Waals surface area contributed by atoms with Crippen LogP contribution in [0.1, 0.15) is 0 Å². The predicted molar refractivity (Wildman–Crippen MR) is 65.6 cm³/mol. The number of rotatable bonds is 0. The minimum Gasteiger partial charge on any atom is -0.294 e. The van der Waals surface area contributed by atoms with Gasteiger partial charge in [-0.25, -0.2) is 9.59 Å². The summed E-state index contributed by atoms with van der Waals surface area (Å²) in [7, 11) is 0. The SMILES string of the molecule is O=C(/N=N/C(=O)N1C=CC=CC1)N1C=CC=CC1. The number of carbonyl (C=O) groups excluding carboxylic acids is 2. The molecular weight excluding hydrogens is 232 g/mol. The number of azo groups is 1. The molecule has 0 aromatic rings. The van der Waals surface area contributed by atoms with Gasteiger partial charge in [-0.3, -0.25) is 9.80 Å². The Morgan fingerprint density at radius 1 is 0.778 bits per heavy atom. The molecule has 6 heteroatoms. The van der Waals surface area contributed by atoms with Crippen LogP contribution in [-0.2, 0) is 0 Å². The van der Waals surface area contributed by atoms with Gasteiger partial charge in [0.25, 0.3) is 0 Å². The molecule has 0 N–H and O–H groups in total. The van der Waals surface area contributed by atoms with Crippen molar-refractivity contribution in [1.29, 1.82) is 0 Å². The van der Waals surface area contributed by atoms with Crippen LogP contribution in [0.5, 0.6) is 0 Å². The van der Waals surface area contributed by atoms with Crippen LogP contribution >= 0.6 is 0 Å². The van der Waals surface area contributed by atoms with Crippen molar-refractivity contribution < 1.29 is 9.59 Å². The van der Waals surface area contributed by atoms with Gasteiger partial charge in [0.2, 0.25) is 0 Å². The van der Waals surface area contributed by atoms with Crippen molar-refractivity contribution in [3.05, 3.63) is 48.9 Å². The second-order valence-corrected chi connectivity index (χ2v) is 3.61. The molecule has 92 valence electrons. The molecule has 0 aromatic carbocycles. The first-order valence-corrected chi connectivity index (χ1v) is 5.47. The van der Waals surface area contributed by atoms with E-state index in [1.165, 1.54) is 9.80 Å². The van der Waals surface area contributed by atoms with Gasteiger partial charge in [0.1, 0.15) is 0 Å². The first kappa shape index (κ1) is 12.0. The summed E-state index contributed by atoms with van der Waals surface area (Å²) >= 11 is 0. The Hall–Kier alpha value is -2.50. The number of hydrogen-bond donors (Lipinski definition) is 0. The Morgan fingerprint density at radius 3 is 1.56 bits per heavy atom. The zero-order chi connectivity index (χ0) is 12.8. The number of carbonyl (C=O) groups is 2. The first-order valence-electron chi connectivity index (χ1n) is 5.47. The van der Waals surface area contributed by atoms with Gasteiger partial charge in [0.05, 0.1) is 0 Å². The maximum Gasteiger partial charge on any atom is 0.366 e. The van der Waals surface area contributed by atoms with Crippen molar-refractivity contribution >= 4 is 12.1 Å². The summed E-state index contributed by atoms with van der Waals surface area (Å²) in [5.41, 5.74) is 0. The van der Waals surface area contributed by atoms with Crippen molar-refractivity contribution in [3.8, 4) is 0 Å². The molecule has 0 saturated heterocycles. The van der Waals surface area contributed by atoms with E-state index in [9.17, 15) is 9.59 Å². The third-order valence-corrected chi connectivity index (χ3v) is 2.34. The fourth-order valence-corrected chi connectivity index (χ4v) is 1.42. The Morgan fingerprint density at radius 2 is 1.22 bits per heavy atom. The van der Waals surface area contributed by atoms with Crippen molar-refractivity contribution in [2.45, 2.75) is 0 Å². The average molecular weight is 244 g/mol. The van der Waals surface area contributed by atoms with Gasteiger partial charge in [-0.1, -0.05) is 34.5 Å². The topological polar surface area (TPSA) is 65.3 Å². The molecule has 6 nitrogen and oxygen atoms in total. The van der Waals surface area contributed by atoms with Crippen LogP contribution < -0.4 is 0 Å². The van der Waals surface area contributed by atoms with E-state index in [1.54, 1.807) is 24.6 Å². The molecule has 0 aliphatic carbocycles. The minimum atomic E-state index is -0.555. The molecular formula is C12H12N4O2. The molecule has 0 aromatic heterocycles. The molecule has 2 rings (SSSR count).